The number of rotatable bonds is 2. The van der Waals surface area contributed by atoms with Gasteiger partial charge in [0.05, 0.1) is 23.4 Å². The van der Waals surface area contributed by atoms with Crippen molar-refractivity contribution in [2.45, 2.75) is 44.2 Å². The fourth-order valence-corrected chi connectivity index (χ4v) is 3.46. The predicted octanol–water partition coefficient (Wildman–Crippen LogP) is 2.20. The van der Waals surface area contributed by atoms with E-state index in [1.807, 2.05) is 15.8 Å². The molecule has 18 heavy (non-hydrogen) atoms. The van der Waals surface area contributed by atoms with Crippen molar-refractivity contribution in [3.63, 3.8) is 0 Å². The van der Waals surface area contributed by atoms with Gasteiger partial charge in [-0.1, -0.05) is 0 Å². The Labute approximate surface area is 111 Å². The Morgan fingerprint density at radius 1 is 1.44 bits per heavy atom. The summed E-state index contributed by atoms with van der Waals surface area (Å²) in [7, 11) is 0. The smallest absolute Gasteiger partial charge is 0.223 e. The fraction of sp³-hybridized carbons (Fsp3) is 0.692. The molecule has 1 atom stereocenters. The first-order valence-electron chi connectivity index (χ1n) is 6.56. The maximum Gasteiger partial charge on any atom is 0.223 e. The number of aromatic nitrogens is 1. The van der Waals surface area contributed by atoms with Gasteiger partial charge in [0.15, 0.2) is 0 Å². The Bertz CT molecular complexity index is 413. The highest BCUT2D eigenvalue weighted by Gasteiger charge is 2.38. The van der Waals surface area contributed by atoms with Crippen LogP contribution in [0.3, 0.4) is 0 Å². The summed E-state index contributed by atoms with van der Waals surface area (Å²) < 4.78 is 5.90. The van der Waals surface area contributed by atoms with E-state index in [-0.39, 0.29) is 11.5 Å². The van der Waals surface area contributed by atoms with Crippen molar-refractivity contribution in [3.05, 3.63) is 16.6 Å². The summed E-state index contributed by atoms with van der Waals surface area (Å²) in [5.41, 5.74) is 2.81. The van der Waals surface area contributed by atoms with Crippen LogP contribution in [0.15, 0.2) is 10.9 Å². The van der Waals surface area contributed by atoms with E-state index in [4.69, 9.17) is 4.74 Å². The average Bonchev–Trinajstić information content (AvgIpc) is 3.01. The van der Waals surface area contributed by atoms with Gasteiger partial charge in [-0.15, -0.1) is 11.3 Å². The van der Waals surface area contributed by atoms with Gasteiger partial charge in [-0.05, 0) is 25.7 Å². The third-order valence-corrected chi connectivity index (χ3v) is 4.64. The lowest BCUT2D eigenvalue weighted by atomic mass is 9.92. The molecule has 2 aliphatic rings. The monoisotopic (exact) mass is 266 g/mol. The van der Waals surface area contributed by atoms with E-state index in [2.05, 4.69) is 4.98 Å². The molecule has 0 aromatic carbocycles. The number of carbonyl (C=O) groups excluding carboxylic acids is 1. The highest BCUT2D eigenvalue weighted by molar-refractivity contribution is 7.07. The summed E-state index contributed by atoms with van der Waals surface area (Å²) in [6, 6.07) is 0. The molecular weight excluding hydrogens is 248 g/mol. The van der Waals surface area contributed by atoms with Crippen molar-refractivity contribution < 1.29 is 9.53 Å². The second kappa shape index (κ2) is 4.97. The fourth-order valence-electron chi connectivity index (χ4n) is 2.91. The first-order chi connectivity index (χ1) is 8.77. The largest absolute Gasteiger partial charge is 0.375 e. The number of nitrogens with zero attached hydrogens (tertiary/aromatic N) is 2. The van der Waals surface area contributed by atoms with Gasteiger partial charge in [-0.3, -0.25) is 4.79 Å². The molecule has 1 amide bonds. The van der Waals surface area contributed by atoms with E-state index in [1.165, 1.54) is 0 Å². The van der Waals surface area contributed by atoms with Crippen LogP contribution < -0.4 is 0 Å². The average molecular weight is 266 g/mol. The zero-order chi connectivity index (χ0) is 12.4. The number of likely N-dealkylation sites (tertiary alicyclic amines) is 1. The van der Waals surface area contributed by atoms with Gasteiger partial charge < -0.3 is 9.64 Å². The van der Waals surface area contributed by atoms with Gasteiger partial charge in [-0.2, -0.15) is 0 Å². The minimum Gasteiger partial charge on any atom is -0.375 e. The van der Waals surface area contributed by atoms with Gasteiger partial charge in [0.2, 0.25) is 5.91 Å². The van der Waals surface area contributed by atoms with Crippen molar-refractivity contribution in [3.8, 4) is 0 Å². The Kier molecular flexibility index (Phi) is 3.35. The second-order valence-corrected chi connectivity index (χ2v) is 5.90. The Hall–Kier alpha value is -0.940. The molecule has 2 fully saturated rings. The molecule has 0 aliphatic carbocycles. The van der Waals surface area contributed by atoms with Crippen molar-refractivity contribution in [1.29, 1.82) is 0 Å². The van der Waals surface area contributed by atoms with E-state index in [0.717, 1.165) is 44.5 Å². The van der Waals surface area contributed by atoms with Crippen LogP contribution in [0.1, 0.15) is 37.8 Å². The van der Waals surface area contributed by atoms with E-state index in [9.17, 15) is 4.79 Å². The van der Waals surface area contributed by atoms with Crippen molar-refractivity contribution in [1.82, 2.24) is 9.88 Å². The third-order valence-electron chi connectivity index (χ3n) is 4.01. The van der Waals surface area contributed by atoms with E-state index in [1.54, 1.807) is 11.3 Å². The Balaban J connectivity index is 1.67. The summed E-state index contributed by atoms with van der Waals surface area (Å²) in [5.74, 6) is 0.246. The molecule has 98 valence electrons. The molecule has 1 spiro atoms. The summed E-state index contributed by atoms with van der Waals surface area (Å²) in [6.07, 6.45) is 4.73. The number of thiazole rings is 1. The molecular formula is C13H18N2O2S. The van der Waals surface area contributed by atoms with E-state index < -0.39 is 0 Å². The molecule has 2 aliphatic heterocycles. The number of ether oxygens (including phenoxy) is 1. The molecule has 0 N–H and O–H groups in total. The van der Waals surface area contributed by atoms with Crippen molar-refractivity contribution >= 4 is 17.2 Å². The van der Waals surface area contributed by atoms with Crippen LogP contribution >= 0.6 is 11.3 Å². The first-order valence-corrected chi connectivity index (χ1v) is 7.51. The van der Waals surface area contributed by atoms with Crippen molar-refractivity contribution in [2.75, 3.05) is 13.2 Å². The molecule has 0 saturated carbocycles. The highest BCUT2D eigenvalue weighted by Crippen LogP contribution is 2.36. The first kappa shape index (κ1) is 12.1. The van der Waals surface area contributed by atoms with Gasteiger partial charge in [-0.25, -0.2) is 4.98 Å². The van der Waals surface area contributed by atoms with Crippen molar-refractivity contribution in [2.24, 2.45) is 0 Å². The Morgan fingerprint density at radius 3 is 3.11 bits per heavy atom. The number of hydrogen-bond acceptors (Lipinski definition) is 4. The minimum atomic E-state index is -0.00746. The zero-order valence-electron chi connectivity index (χ0n) is 10.4. The van der Waals surface area contributed by atoms with Crippen LogP contribution in [0.5, 0.6) is 0 Å². The Morgan fingerprint density at radius 2 is 2.39 bits per heavy atom. The molecule has 4 nitrogen and oxygen atoms in total. The number of hydrogen-bond donors (Lipinski definition) is 0. The number of amides is 1. The summed E-state index contributed by atoms with van der Waals surface area (Å²) in [4.78, 5) is 18.3. The van der Waals surface area contributed by atoms with Gasteiger partial charge >= 0.3 is 0 Å². The second-order valence-electron chi connectivity index (χ2n) is 5.18. The topological polar surface area (TPSA) is 42.4 Å². The lowest BCUT2D eigenvalue weighted by Crippen LogP contribution is -2.32. The maximum atomic E-state index is 12.1. The molecule has 0 radical (unpaired) electrons. The standard InChI is InChI=1S/C13H18N2O2S/c16-12-2-4-13(3-1-7-17-13)5-6-15(12)8-11-9-18-10-14-11/h9-10H,1-8H2/t13-/m1/s1. The van der Waals surface area contributed by atoms with Gasteiger partial charge in [0.25, 0.3) is 0 Å². The summed E-state index contributed by atoms with van der Waals surface area (Å²) in [6.45, 7) is 2.31. The van der Waals surface area contributed by atoms with Crippen LogP contribution in [0, 0.1) is 0 Å². The van der Waals surface area contributed by atoms with Crippen LogP contribution in [-0.4, -0.2) is 34.5 Å². The summed E-state index contributed by atoms with van der Waals surface area (Å²) >= 11 is 1.58. The lowest BCUT2D eigenvalue weighted by molar-refractivity contribution is -0.131. The summed E-state index contributed by atoms with van der Waals surface area (Å²) in [5, 5.41) is 2.01. The predicted molar refractivity (Wildman–Crippen MR) is 69.3 cm³/mol. The minimum absolute atomic E-state index is 0.00746. The highest BCUT2D eigenvalue weighted by atomic mass is 32.1. The lowest BCUT2D eigenvalue weighted by Gasteiger charge is -2.26. The van der Waals surface area contributed by atoms with E-state index in [0.29, 0.717) is 13.0 Å². The quantitative estimate of drug-likeness (QED) is 0.824. The van der Waals surface area contributed by atoms with E-state index >= 15 is 0 Å². The molecule has 2 saturated heterocycles. The maximum absolute atomic E-state index is 12.1. The molecule has 1 aromatic heterocycles. The van der Waals surface area contributed by atoms with Crippen LogP contribution in [-0.2, 0) is 16.1 Å². The molecule has 1 aromatic rings. The van der Waals surface area contributed by atoms with Crippen LogP contribution in [0.25, 0.3) is 0 Å². The number of carbonyl (C=O) groups is 1. The normalized spacial score (nSPS) is 28.9. The van der Waals surface area contributed by atoms with Crippen LogP contribution in [0.4, 0.5) is 0 Å². The SMILES string of the molecule is O=C1CC[C@]2(CCCO2)CCN1Cc1cscn1. The van der Waals surface area contributed by atoms with Gasteiger partial charge in [0.1, 0.15) is 0 Å². The molecule has 3 rings (SSSR count). The zero-order valence-corrected chi connectivity index (χ0v) is 11.2. The molecule has 5 heteroatoms. The molecule has 0 bridgehead atoms. The van der Waals surface area contributed by atoms with Crippen LogP contribution in [0.2, 0.25) is 0 Å². The third kappa shape index (κ3) is 2.42. The molecule has 0 unspecified atom stereocenters. The molecule has 3 heterocycles. The van der Waals surface area contributed by atoms with Gasteiger partial charge in [0, 0.05) is 25.0 Å².